The molecule has 5 nitrogen and oxygen atoms in total. The van der Waals surface area contributed by atoms with E-state index in [9.17, 15) is 8.42 Å². The SMILES string of the molecule is Nc1ccc(Cl)c(S(=O)(=O)NC2CCN3CCCC23)c1. The summed E-state index contributed by atoms with van der Waals surface area (Å²) in [7, 11) is -3.62. The van der Waals surface area contributed by atoms with Crippen LogP contribution in [0, 0.1) is 0 Å². The lowest BCUT2D eigenvalue weighted by Crippen LogP contribution is -2.42. The van der Waals surface area contributed by atoms with Crippen molar-refractivity contribution in [3.8, 4) is 0 Å². The standard InChI is InChI=1S/C13H18ClN3O2S/c14-10-4-3-9(15)8-13(10)20(18,19)16-11-5-7-17-6-1-2-12(11)17/h3-4,8,11-12,16H,1-2,5-7,15H2. The number of nitrogens with two attached hydrogens (primary N) is 1. The molecule has 7 heteroatoms. The third-order valence-electron chi connectivity index (χ3n) is 4.16. The van der Waals surface area contributed by atoms with Gasteiger partial charge in [-0.3, -0.25) is 4.90 Å². The van der Waals surface area contributed by atoms with E-state index in [1.54, 1.807) is 6.07 Å². The molecule has 0 aromatic heterocycles. The highest BCUT2D eigenvalue weighted by atomic mass is 35.5. The number of hydrogen-bond donors (Lipinski definition) is 2. The highest BCUT2D eigenvalue weighted by Gasteiger charge is 2.39. The maximum Gasteiger partial charge on any atom is 0.242 e. The Morgan fingerprint density at radius 1 is 1.30 bits per heavy atom. The molecule has 2 aliphatic rings. The van der Waals surface area contributed by atoms with Gasteiger partial charge in [0, 0.05) is 24.3 Å². The van der Waals surface area contributed by atoms with E-state index in [4.69, 9.17) is 17.3 Å². The van der Waals surface area contributed by atoms with Crippen molar-refractivity contribution in [3.05, 3.63) is 23.2 Å². The van der Waals surface area contributed by atoms with Gasteiger partial charge >= 0.3 is 0 Å². The van der Waals surface area contributed by atoms with E-state index in [0.29, 0.717) is 11.7 Å². The predicted molar refractivity (Wildman–Crippen MR) is 79.2 cm³/mol. The Kier molecular flexibility index (Phi) is 3.66. The van der Waals surface area contributed by atoms with Crippen LogP contribution in [0.5, 0.6) is 0 Å². The Balaban J connectivity index is 1.84. The second-order valence-electron chi connectivity index (χ2n) is 5.45. The molecule has 2 saturated heterocycles. The van der Waals surface area contributed by atoms with E-state index >= 15 is 0 Å². The molecule has 2 aliphatic heterocycles. The summed E-state index contributed by atoms with van der Waals surface area (Å²) in [5, 5.41) is 0.202. The summed E-state index contributed by atoms with van der Waals surface area (Å²) < 4.78 is 27.8. The minimum atomic E-state index is -3.62. The van der Waals surface area contributed by atoms with Gasteiger partial charge in [-0.2, -0.15) is 0 Å². The number of rotatable bonds is 3. The van der Waals surface area contributed by atoms with Crippen molar-refractivity contribution in [1.82, 2.24) is 9.62 Å². The van der Waals surface area contributed by atoms with Crippen molar-refractivity contribution in [1.29, 1.82) is 0 Å². The number of fused-ring (bicyclic) bond motifs is 1. The van der Waals surface area contributed by atoms with Crippen LogP contribution in [0.1, 0.15) is 19.3 Å². The van der Waals surface area contributed by atoms with Gasteiger partial charge in [-0.1, -0.05) is 11.6 Å². The molecule has 0 aliphatic carbocycles. The predicted octanol–water partition coefficient (Wildman–Crippen LogP) is 1.44. The van der Waals surface area contributed by atoms with Crippen LogP contribution in [0.3, 0.4) is 0 Å². The Morgan fingerprint density at radius 2 is 2.10 bits per heavy atom. The summed E-state index contributed by atoms with van der Waals surface area (Å²) in [6.45, 7) is 2.03. The molecule has 20 heavy (non-hydrogen) atoms. The van der Waals surface area contributed by atoms with Crippen LogP contribution in [0.2, 0.25) is 5.02 Å². The highest BCUT2D eigenvalue weighted by molar-refractivity contribution is 7.89. The fraction of sp³-hybridized carbons (Fsp3) is 0.538. The smallest absolute Gasteiger partial charge is 0.242 e. The maximum absolute atomic E-state index is 12.5. The second kappa shape index (κ2) is 5.18. The van der Waals surface area contributed by atoms with Gasteiger partial charge in [-0.05, 0) is 44.0 Å². The molecular formula is C13H18ClN3O2S. The van der Waals surface area contributed by atoms with E-state index in [-0.39, 0.29) is 16.0 Å². The molecule has 0 spiro atoms. The topological polar surface area (TPSA) is 75.4 Å². The van der Waals surface area contributed by atoms with Crippen molar-refractivity contribution in [3.63, 3.8) is 0 Å². The minimum Gasteiger partial charge on any atom is -0.399 e. The van der Waals surface area contributed by atoms with Crippen molar-refractivity contribution in [2.24, 2.45) is 0 Å². The van der Waals surface area contributed by atoms with Crippen molar-refractivity contribution in [2.45, 2.75) is 36.2 Å². The molecule has 0 radical (unpaired) electrons. The highest BCUT2D eigenvalue weighted by Crippen LogP contribution is 2.30. The van der Waals surface area contributed by atoms with E-state index < -0.39 is 10.0 Å². The maximum atomic E-state index is 12.5. The summed E-state index contributed by atoms with van der Waals surface area (Å²) in [5.41, 5.74) is 6.05. The number of benzene rings is 1. The normalized spacial score (nSPS) is 26.9. The number of nitrogens with zero attached hydrogens (tertiary/aromatic N) is 1. The molecule has 2 heterocycles. The average molecular weight is 316 g/mol. The molecule has 2 atom stereocenters. The van der Waals surface area contributed by atoms with Gasteiger partial charge in [0.2, 0.25) is 10.0 Å². The largest absolute Gasteiger partial charge is 0.399 e. The van der Waals surface area contributed by atoms with Crippen LogP contribution in [0.25, 0.3) is 0 Å². The first-order valence-electron chi connectivity index (χ1n) is 6.79. The Bertz CT molecular complexity index is 620. The van der Waals surface area contributed by atoms with E-state index in [1.165, 1.54) is 12.1 Å². The number of nitrogens with one attached hydrogen (secondary N) is 1. The number of halogens is 1. The lowest BCUT2D eigenvalue weighted by atomic mass is 10.1. The lowest BCUT2D eigenvalue weighted by Gasteiger charge is -2.21. The fourth-order valence-electron chi connectivity index (χ4n) is 3.21. The monoisotopic (exact) mass is 315 g/mol. The van der Waals surface area contributed by atoms with Crippen LogP contribution in [-0.2, 0) is 10.0 Å². The van der Waals surface area contributed by atoms with Crippen molar-refractivity contribution >= 4 is 27.3 Å². The lowest BCUT2D eigenvalue weighted by molar-refractivity contribution is 0.309. The first kappa shape index (κ1) is 14.1. The van der Waals surface area contributed by atoms with Crippen LogP contribution in [0.15, 0.2) is 23.1 Å². The zero-order chi connectivity index (χ0) is 14.3. The van der Waals surface area contributed by atoms with Crippen LogP contribution >= 0.6 is 11.6 Å². The van der Waals surface area contributed by atoms with Gasteiger partial charge in [0.25, 0.3) is 0 Å². The molecule has 2 unspecified atom stereocenters. The minimum absolute atomic E-state index is 0.0278. The third kappa shape index (κ3) is 2.53. The Morgan fingerprint density at radius 3 is 2.90 bits per heavy atom. The average Bonchev–Trinajstić information content (AvgIpc) is 2.97. The molecule has 0 saturated carbocycles. The van der Waals surface area contributed by atoms with Crippen molar-refractivity contribution in [2.75, 3.05) is 18.8 Å². The van der Waals surface area contributed by atoms with Crippen LogP contribution in [0.4, 0.5) is 5.69 Å². The summed E-state index contributed by atoms with van der Waals surface area (Å²) in [6.07, 6.45) is 3.05. The summed E-state index contributed by atoms with van der Waals surface area (Å²) in [6, 6.07) is 4.81. The summed E-state index contributed by atoms with van der Waals surface area (Å²) >= 11 is 5.99. The van der Waals surface area contributed by atoms with Gasteiger partial charge < -0.3 is 5.73 Å². The van der Waals surface area contributed by atoms with E-state index in [0.717, 1.165) is 32.4 Å². The van der Waals surface area contributed by atoms with Gasteiger partial charge in [-0.15, -0.1) is 0 Å². The quantitative estimate of drug-likeness (QED) is 0.828. The number of anilines is 1. The zero-order valence-corrected chi connectivity index (χ0v) is 12.6. The molecule has 0 amide bonds. The summed E-state index contributed by atoms with van der Waals surface area (Å²) in [4.78, 5) is 2.42. The first-order chi connectivity index (χ1) is 9.47. The Labute approximate surface area is 124 Å². The van der Waals surface area contributed by atoms with Crippen molar-refractivity contribution < 1.29 is 8.42 Å². The van der Waals surface area contributed by atoms with Gasteiger partial charge in [-0.25, -0.2) is 13.1 Å². The molecule has 3 rings (SSSR count). The molecule has 0 bridgehead atoms. The third-order valence-corrected chi connectivity index (χ3v) is 6.13. The zero-order valence-electron chi connectivity index (χ0n) is 11.0. The molecule has 1 aromatic carbocycles. The van der Waals surface area contributed by atoms with Crippen LogP contribution in [-0.4, -0.2) is 38.5 Å². The Hall–Kier alpha value is -0.820. The van der Waals surface area contributed by atoms with Crippen LogP contribution < -0.4 is 10.5 Å². The number of nitrogen functional groups attached to an aromatic ring is 1. The van der Waals surface area contributed by atoms with Gasteiger partial charge in [0.1, 0.15) is 4.90 Å². The molecule has 3 N–H and O–H groups in total. The fourth-order valence-corrected chi connectivity index (χ4v) is 5.05. The molecule has 110 valence electrons. The molecule has 1 aromatic rings. The molecule has 2 fully saturated rings. The first-order valence-corrected chi connectivity index (χ1v) is 8.65. The van der Waals surface area contributed by atoms with Gasteiger partial charge in [0.05, 0.1) is 5.02 Å². The number of hydrogen-bond acceptors (Lipinski definition) is 4. The number of sulfonamides is 1. The van der Waals surface area contributed by atoms with E-state index in [1.807, 2.05) is 0 Å². The molecular weight excluding hydrogens is 298 g/mol. The van der Waals surface area contributed by atoms with Gasteiger partial charge in [0.15, 0.2) is 0 Å². The van der Waals surface area contributed by atoms with E-state index in [2.05, 4.69) is 9.62 Å². The summed E-state index contributed by atoms with van der Waals surface area (Å²) in [5.74, 6) is 0. The second-order valence-corrected chi connectivity index (χ2v) is 7.54.